The summed E-state index contributed by atoms with van der Waals surface area (Å²) in [5, 5.41) is 6.94. The zero-order valence-corrected chi connectivity index (χ0v) is 15.7. The van der Waals surface area contributed by atoms with Crippen molar-refractivity contribution in [3.63, 3.8) is 0 Å². The van der Waals surface area contributed by atoms with Crippen molar-refractivity contribution in [3.8, 4) is 11.4 Å². The van der Waals surface area contributed by atoms with E-state index in [0.717, 1.165) is 22.9 Å². The summed E-state index contributed by atoms with van der Waals surface area (Å²) in [6, 6.07) is 16.6. The predicted octanol–water partition coefficient (Wildman–Crippen LogP) is 5.34. The molecule has 0 amide bonds. The molecule has 138 valence electrons. The fourth-order valence-electron chi connectivity index (χ4n) is 3.44. The molecule has 1 saturated carbocycles. The molecule has 27 heavy (non-hydrogen) atoms. The molecule has 2 N–H and O–H groups in total. The second kappa shape index (κ2) is 8.16. The molecule has 0 unspecified atom stereocenters. The first-order valence-corrected chi connectivity index (χ1v) is 9.67. The van der Waals surface area contributed by atoms with E-state index < -0.39 is 0 Å². The number of nitrogens with zero attached hydrogens (tertiary/aromatic N) is 3. The van der Waals surface area contributed by atoms with Gasteiger partial charge in [0.05, 0.1) is 11.4 Å². The summed E-state index contributed by atoms with van der Waals surface area (Å²) < 4.78 is 0. The highest BCUT2D eigenvalue weighted by molar-refractivity contribution is 5.65. The summed E-state index contributed by atoms with van der Waals surface area (Å²) in [7, 11) is 0. The van der Waals surface area contributed by atoms with Crippen LogP contribution in [0.3, 0.4) is 0 Å². The van der Waals surface area contributed by atoms with Crippen LogP contribution in [0.15, 0.2) is 54.7 Å². The number of hydrogen-bond donors (Lipinski definition) is 2. The predicted molar refractivity (Wildman–Crippen MR) is 110 cm³/mol. The van der Waals surface area contributed by atoms with Gasteiger partial charge in [0.1, 0.15) is 5.82 Å². The zero-order valence-electron chi connectivity index (χ0n) is 15.7. The third-order valence-corrected chi connectivity index (χ3v) is 4.92. The van der Waals surface area contributed by atoms with Crippen LogP contribution >= 0.6 is 0 Å². The van der Waals surface area contributed by atoms with E-state index in [9.17, 15) is 0 Å². The molecule has 1 aliphatic carbocycles. The maximum Gasteiger partial charge on any atom is 0.225 e. The molecule has 1 aliphatic rings. The Labute approximate surface area is 160 Å². The Morgan fingerprint density at radius 2 is 1.70 bits per heavy atom. The van der Waals surface area contributed by atoms with Crippen molar-refractivity contribution in [1.29, 1.82) is 0 Å². The van der Waals surface area contributed by atoms with Gasteiger partial charge in [0.25, 0.3) is 0 Å². The summed E-state index contributed by atoms with van der Waals surface area (Å²) in [4.78, 5) is 13.9. The average Bonchev–Trinajstić information content (AvgIpc) is 2.71. The van der Waals surface area contributed by atoms with Crippen LogP contribution in [0.5, 0.6) is 0 Å². The fourth-order valence-corrected chi connectivity index (χ4v) is 3.44. The Morgan fingerprint density at radius 1 is 0.889 bits per heavy atom. The Bertz CT molecular complexity index is 871. The van der Waals surface area contributed by atoms with Crippen LogP contribution in [0, 0.1) is 6.92 Å². The monoisotopic (exact) mass is 359 g/mol. The molecule has 4 rings (SSSR count). The van der Waals surface area contributed by atoms with Gasteiger partial charge in [-0.05, 0) is 44.0 Å². The van der Waals surface area contributed by atoms with E-state index in [1.807, 2.05) is 24.3 Å². The molecule has 0 saturated heterocycles. The first-order valence-electron chi connectivity index (χ1n) is 9.67. The SMILES string of the molecule is Cc1ccc(Nc2cc(-c3ccccn3)nc(NC3CCCCC3)n2)cc1. The summed E-state index contributed by atoms with van der Waals surface area (Å²) in [6.07, 6.45) is 8.01. The lowest BCUT2D eigenvalue weighted by atomic mass is 9.96. The van der Waals surface area contributed by atoms with Crippen LogP contribution < -0.4 is 10.6 Å². The Morgan fingerprint density at radius 3 is 2.44 bits per heavy atom. The number of rotatable bonds is 5. The molecule has 0 bridgehead atoms. The highest BCUT2D eigenvalue weighted by atomic mass is 15.2. The van der Waals surface area contributed by atoms with Crippen molar-refractivity contribution in [1.82, 2.24) is 15.0 Å². The standard InChI is InChI=1S/C22H25N5/c1-16-10-12-18(13-11-16)24-21-15-20(19-9-5-6-14-23-19)26-22(27-21)25-17-7-3-2-4-8-17/h5-6,9-15,17H,2-4,7-8H2,1H3,(H2,24,25,26,27). The van der Waals surface area contributed by atoms with Gasteiger partial charge in [0.15, 0.2) is 0 Å². The van der Waals surface area contributed by atoms with Crippen molar-refractivity contribution in [3.05, 3.63) is 60.3 Å². The summed E-state index contributed by atoms with van der Waals surface area (Å²) in [5.74, 6) is 1.44. The third kappa shape index (κ3) is 4.61. The highest BCUT2D eigenvalue weighted by Crippen LogP contribution is 2.25. The number of pyridine rings is 1. The molecule has 1 fully saturated rings. The Hall–Kier alpha value is -2.95. The van der Waals surface area contributed by atoms with Crippen molar-refractivity contribution in [2.45, 2.75) is 45.1 Å². The van der Waals surface area contributed by atoms with E-state index in [1.54, 1.807) is 6.20 Å². The minimum Gasteiger partial charge on any atom is -0.351 e. The van der Waals surface area contributed by atoms with Gasteiger partial charge in [-0.15, -0.1) is 0 Å². The van der Waals surface area contributed by atoms with Crippen molar-refractivity contribution < 1.29 is 0 Å². The molecule has 3 aromatic rings. The lowest BCUT2D eigenvalue weighted by Crippen LogP contribution is -2.23. The van der Waals surface area contributed by atoms with Gasteiger partial charge in [0.2, 0.25) is 5.95 Å². The Balaban J connectivity index is 1.64. The number of hydrogen-bond acceptors (Lipinski definition) is 5. The number of anilines is 3. The molecule has 2 heterocycles. The lowest BCUT2D eigenvalue weighted by molar-refractivity contribution is 0.461. The molecule has 0 aliphatic heterocycles. The molecule has 0 radical (unpaired) electrons. The maximum absolute atomic E-state index is 4.73. The topological polar surface area (TPSA) is 62.7 Å². The van der Waals surface area contributed by atoms with Gasteiger partial charge in [-0.25, -0.2) is 4.98 Å². The number of aromatic nitrogens is 3. The van der Waals surface area contributed by atoms with Crippen molar-refractivity contribution in [2.24, 2.45) is 0 Å². The number of aryl methyl sites for hydroxylation is 1. The van der Waals surface area contributed by atoms with Crippen molar-refractivity contribution in [2.75, 3.05) is 10.6 Å². The minimum atomic E-state index is 0.449. The van der Waals surface area contributed by atoms with Gasteiger partial charge >= 0.3 is 0 Å². The van der Waals surface area contributed by atoms with E-state index in [0.29, 0.717) is 12.0 Å². The molecular formula is C22H25N5. The number of nitrogens with one attached hydrogen (secondary N) is 2. The van der Waals surface area contributed by atoms with E-state index in [4.69, 9.17) is 9.97 Å². The third-order valence-electron chi connectivity index (χ3n) is 4.92. The minimum absolute atomic E-state index is 0.449. The largest absolute Gasteiger partial charge is 0.351 e. The van der Waals surface area contributed by atoms with E-state index >= 15 is 0 Å². The lowest BCUT2D eigenvalue weighted by Gasteiger charge is -2.23. The average molecular weight is 359 g/mol. The van der Waals surface area contributed by atoms with E-state index in [-0.39, 0.29) is 0 Å². The van der Waals surface area contributed by atoms with Crippen LogP contribution in [-0.2, 0) is 0 Å². The van der Waals surface area contributed by atoms with Gasteiger partial charge < -0.3 is 10.6 Å². The zero-order chi connectivity index (χ0) is 18.5. The van der Waals surface area contributed by atoms with Crippen LogP contribution in [-0.4, -0.2) is 21.0 Å². The second-order valence-electron chi connectivity index (χ2n) is 7.15. The van der Waals surface area contributed by atoms with Crippen LogP contribution in [0.1, 0.15) is 37.7 Å². The highest BCUT2D eigenvalue weighted by Gasteiger charge is 2.16. The van der Waals surface area contributed by atoms with Crippen LogP contribution in [0.25, 0.3) is 11.4 Å². The van der Waals surface area contributed by atoms with Gasteiger partial charge in [-0.1, -0.05) is 43.0 Å². The van der Waals surface area contributed by atoms with Crippen molar-refractivity contribution >= 4 is 17.5 Å². The smallest absolute Gasteiger partial charge is 0.225 e. The molecule has 1 aromatic carbocycles. The van der Waals surface area contributed by atoms with Gasteiger partial charge in [-0.3, -0.25) is 4.98 Å². The van der Waals surface area contributed by atoms with E-state index in [2.05, 4.69) is 46.8 Å². The Kier molecular flexibility index (Phi) is 5.28. The van der Waals surface area contributed by atoms with Crippen LogP contribution in [0.4, 0.5) is 17.5 Å². The summed E-state index contributed by atoms with van der Waals surface area (Å²) in [6.45, 7) is 2.08. The molecular weight excluding hydrogens is 334 g/mol. The molecule has 0 spiro atoms. The molecule has 2 aromatic heterocycles. The van der Waals surface area contributed by atoms with E-state index in [1.165, 1.54) is 37.7 Å². The summed E-state index contributed by atoms with van der Waals surface area (Å²) in [5.41, 5.74) is 3.91. The fraction of sp³-hybridized carbons (Fsp3) is 0.318. The first-order chi connectivity index (χ1) is 13.3. The maximum atomic E-state index is 4.73. The quantitative estimate of drug-likeness (QED) is 0.644. The first kappa shape index (κ1) is 17.5. The van der Waals surface area contributed by atoms with Gasteiger partial charge in [-0.2, -0.15) is 4.98 Å². The number of benzene rings is 1. The second-order valence-corrected chi connectivity index (χ2v) is 7.15. The molecule has 0 atom stereocenters. The molecule has 5 heteroatoms. The van der Waals surface area contributed by atoms with Gasteiger partial charge in [0, 0.05) is 24.0 Å². The normalized spacial score (nSPS) is 14.7. The molecule has 5 nitrogen and oxygen atoms in total. The van der Waals surface area contributed by atoms with Crippen LogP contribution in [0.2, 0.25) is 0 Å². The summed E-state index contributed by atoms with van der Waals surface area (Å²) >= 11 is 0.